The third kappa shape index (κ3) is 0.726. The molecule has 0 aliphatic rings. The Morgan fingerprint density at radius 1 is 1.75 bits per heavy atom. The highest BCUT2D eigenvalue weighted by molar-refractivity contribution is 5.07. The van der Waals surface area contributed by atoms with E-state index in [1.165, 1.54) is 11.0 Å². The lowest BCUT2D eigenvalue weighted by Crippen LogP contribution is -1.89. The predicted octanol–water partition coefficient (Wildman–Crippen LogP) is 0.0820. The van der Waals surface area contributed by atoms with E-state index in [0.29, 0.717) is 5.82 Å². The van der Waals surface area contributed by atoms with Crippen LogP contribution in [0.3, 0.4) is 0 Å². The molecule has 0 aliphatic carbocycles. The lowest BCUT2D eigenvalue weighted by atomic mass is 10.8. The first-order valence-electron chi connectivity index (χ1n) is 2.21. The number of nitrogens with zero attached hydrogens (tertiary/aromatic N) is 4. The molecule has 0 aliphatic heterocycles. The molecule has 4 nitrogen and oxygen atoms in total. The molecule has 42 valence electrons. The van der Waals surface area contributed by atoms with Crippen molar-refractivity contribution in [2.24, 2.45) is 0 Å². The molecule has 0 bridgehead atoms. The van der Waals surface area contributed by atoms with Crippen molar-refractivity contribution in [2.75, 3.05) is 0 Å². The lowest BCUT2D eigenvalue weighted by molar-refractivity contribution is 0.759. The van der Waals surface area contributed by atoms with Gasteiger partial charge in [0.2, 0.25) is 0 Å². The van der Waals surface area contributed by atoms with Gasteiger partial charge in [0.25, 0.3) is 0 Å². The molecule has 0 atom stereocenters. The van der Waals surface area contributed by atoms with Gasteiger partial charge < -0.3 is 0 Å². The number of hydrogen-bond donors (Lipinski definition) is 0. The molecule has 0 fully saturated rings. The van der Waals surface area contributed by atoms with Crippen molar-refractivity contribution in [1.29, 1.82) is 0 Å². The Bertz CT molecular complexity index is 190. The molecule has 1 rings (SSSR count). The standard InChI is InChI=1S/C4H6N4/c1-3-8-6-4(2)5-7-8/h3H,1H2,2H3. The number of rotatable bonds is 1. The van der Waals surface area contributed by atoms with Crippen LogP contribution in [0.15, 0.2) is 6.58 Å². The first kappa shape index (κ1) is 4.96. The average Bonchev–Trinajstić information content (AvgIpc) is 2.14. The number of aryl methyl sites for hydroxylation is 1. The molecule has 1 aromatic heterocycles. The molecule has 0 saturated heterocycles. The molecule has 1 aromatic rings. The third-order valence-corrected chi connectivity index (χ3v) is 0.692. The first-order valence-corrected chi connectivity index (χ1v) is 2.21. The zero-order valence-corrected chi connectivity index (χ0v) is 4.57. The second kappa shape index (κ2) is 1.73. The van der Waals surface area contributed by atoms with Gasteiger partial charge in [0.15, 0.2) is 5.82 Å². The summed E-state index contributed by atoms with van der Waals surface area (Å²) in [5, 5.41) is 11.0. The highest BCUT2D eigenvalue weighted by atomic mass is 15.6. The van der Waals surface area contributed by atoms with Gasteiger partial charge in [-0.3, -0.25) is 0 Å². The van der Waals surface area contributed by atoms with Crippen molar-refractivity contribution in [1.82, 2.24) is 20.2 Å². The van der Waals surface area contributed by atoms with Crippen LogP contribution in [0.1, 0.15) is 5.82 Å². The van der Waals surface area contributed by atoms with Gasteiger partial charge in [-0.25, -0.2) is 0 Å². The van der Waals surface area contributed by atoms with Gasteiger partial charge in [0.1, 0.15) is 0 Å². The Kier molecular flexibility index (Phi) is 1.07. The van der Waals surface area contributed by atoms with Crippen LogP contribution in [0, 0.1) is 6.92 Å². The van der Waals surface area contributed by atoms with E-state index in [1.54, 1.807) is 6.92 Å². The summed E-state index contributed by atoms with van der Waals surface area (Å²) in [5.41, 5.74) is 0. The monoisotopic (exact) mass is 110 g/mol. The maximum Gasteiger partial charge on any atom is 0.172 e. The van der Waals surface area contributed by atoms with E-state index in [4.69, 9.17) is 0 Å². The summed E-state index contributed by atoms with van der Waals surface area (Å²) in [6.45, 7) is 5.21. The topological polar surface area (TPSA) is 43.6 Å². The summed E-state index contributed by atoms with van der Waals surface area (Å²) in [7, 11) is 0. The molecule has 0 aromatic carbocycles. The van der Waals surface area contributed by atoms with Crippen molar-refractivity contribution < 1.29 is 0 Å². The van der Waals surface area contributed by atoms with Crippen LogP contribution in [0.5, 0.6) is 0 Å². The first-order chi connectivity index (χ1) is 3.83. The average molecular weight is 110 g/mol. The van der Waals surface area contributed by atoms with Crippen LogP contribution in [-0.2, 0) is 0 Å². The maximum absolute atomic E-state index is 3.81. The molecule has 0 N–H and O–H groups in total. The van der Waals surface area contributed by atoms with E-state index in [-0.39, 0.29) is 0 Å². The Hall–Kier alpha value is -1.19. The van der Waals surface area contributed by atoms with Gasteiger partial charge in [-0.15, -0.1) is 15.0 Å². The molecular weight excluding hydrogens is 104 g/mol. The zero-order valence-electron chi connectivity index (χ0n) is 4.57. The minimum absolute atomic E-state index is 0.657. The van der Waals surface area contributed by atoms with E-state index >= 15 is 0 Å². The fourth-order valence-electron chi connectivity index (χ4n) is 0.376. The van der Waals surface area contributed by atoms with Crippen LogP contribution in [0.25, 0.3) is 6.20 Å². The molecule has 0 saturated carbocycles. The van der Waals surface area contributed by atoms with Crippen molar-refractivity contribution in [3.63, 3.8) is 0 Å². The quantitative estimate of drug-likeness (QED) is 0.514. The number of hydrogen-bond acceptors (Lipinski definition) is 3. The molecule has 0 amide bonds. The fraction of sp³-hybridized carbons (Fsp3) is 0.250. The molecule has 8 heavy (non-hydrogen) atoms. The molecule has 0 spiro atoms. The Balaban J connectivity index is 3.00. The van der Waals surface area contributed by atoms with E-state index in [2.05, 4.69) is 22.0 Å². The Morgan fingerprint density at radius 2 is 2.50 bits per heavy atom. The van der Waals surface area contributed by atoms with Crippen LogP contribution < -0.4 is 0 Å². The highest BCUT2D eigenvalue weighted by Gasteiger charge is 1.87. The van der Waals surface area contributed by atoms with Crippen LogP contribution >= 0.6 is 0 Å². The van der Waals surface area contributed by atoms with Gasteiger partial charge >= 0.3 is 0 Å². The summed E-state index contributed by atoms with van der Waals surface area (Å²) in [4.78, 5) is 1.31. The lowest BCUT2D eigenvalue weighted by Gasteiger charge is -1.77. The highest BCUT2D eigenvalue weighted by Crippen LogP contribution is 1.78. The maximum atomic E-state index is 3.81. The molecular formula is C4H6N4. The van der Waals surface area contributed by atoms with Crippen molar-refractivity contribution in [3.05, 3.63) is 12.4 Å². The molecule has 4 heteroatoms. The van der Waals surface area contributed by atoms with Gasteiger partial charge in [-0.1, -0.05) is 6.58 Å². The van der Waals surface area contributed by atoms with Crippen LogP contribution in [-0.4, -0.2) is 20.2 Å². The molecule has 1 heterocycles. The second-order valence-electron chi connectivity index (χ2n) is 1.34. The predicted molar refractivity (Wildman–Crippen MR) is 28.9 cm³/mol. The normalized spacial score (nSPS) is 9.12. The minimum Gasteiger partial charge on any atom is -0.139 e. The Labute approximate surface area is 46.8 Å². The van der Waals surface area contributed by atoms with E-state index in [0.717, 1.165) is 0 Å². The number of tetrazole rings is 1. The van der Waals surface area contributed by atoms with Crippen LogP contribution in [0.4, 0.5) is 0 Å². The zero-order chi connectivity index (χ0) is 5.98. The van der Waals surface area contributed by atoms with Crippen LogP contribution in [0.2, 0.25) is 0 Å². The summed E-state index contributed by atoms with van der Waals surface area (Å²) in [6, 6.07) is 0. The van der Waals surface area contributed by atoms with E-state index < -0.39 is 0 Å². The van der Waals surface area contributed by atoms with Gasteiger partial charge in [0.05, 0.1) is 0 Å². The summed E-state index contributed by atoms with van der Waals surface area (Å²) in [6.07, 6.45) is 1.49. The SMILES string of the molecule is C=Cn1nnc(C)n1. The Morgan fingerprint density at radius 3 is 2.75 bits per heavy atom. The van der Waals surface area contributed by atoms with Crippen molar-refractivity contribution in [2.45, 2.75) is 6.92 Å². The third-order valence-electron chi connectivity index (χ3n) is 0.692. The van der Waals surface area contributed by atoms with Gasteiger partial charge in [-0.2, -0.15) is 0 Å². The second-order valence-corrected chi connectivity index (χ2v) is 1.34. The van der Waals surface area contributed by atoms with Crippen molar-refractivity contribution >= 4 is 6.20 Å². The molecule has 0 unspecified atom stereocenters. The smallest absolute Gasteiger partial charge is 0.139 e. The van der Waals surface area contributed by atoms with Gasteiger partial charge in [0, 0.05) is 6.20 Å². The summed E-state index contributed by atoms with van der Waals surface area (Å²) >= 11 is 0. The van der Waals surface area contributed by atoms with E-state index in [9.17, 15) is 0 Å². The van der Waals surface area contributed by atoms with E-state index in [1.807, 2.05) is 0 Å². The largest absolute Gasteiger partial charge is 0.172 e. The fourth-order valence-corrected chi connectivity index (χ4v) is 0.376. The molecule has 0 radical (unpaired) electrons. The van der Waals surface area contributed by atoms with Crippen molar-refractivity contribution in [3.8, 4) is 0 Å². The van der Waals surface area contributed by atoms with Gasteiger partial charge in [-0.05, 0) is 12.1 Å². The summed E-state index contributed by atoms with van der Waals surface area (Å²) in [5.74, 6) is 0.657. The number of aromatic nitrogens is 4. The minimum atomic E-state index is 0.657. The summed E-state index contributed by atoms with van der Waals surface area (Å²) < 4.78 is 0.